The zero-order valence-corrected chi connectivity index (χ0v) is 18.3. The summed E-state index contributed by atoms with van der Waals surface area (Å²) in [6.45, 7) is 2.51. The van der Waals surface area contributed by atoms with E-state index in [0.29, 0.717) is 36.3 Å². The largest absolute Gasteiger partial charge is 0.416 e. The molecule has 1 saturated heterocycles. The molecule has 1 aromatic heterocycles. The number of rotatable bonds is 6. The van der Waals surface area contributed by atoms with Crippen LogP contribution in [0.15, 0.2) is 42.5 Å². The number of anilines is 2. The second kappa shape index (κ2) is 9.43. The Morgan fingerprint density at radius 2 is 2.06 bits per heavy atom. The van der Waals surface area contributed by atoms with Crippen molar-refractivity contribution < 1.29 is 32.6 Å². The number of nitrogens with one attached hydrogen (secondary N) is 1. The van der Waals surface area contributed by atoms with E-state index in [9.17, 15) is 27.9 Å². The van der Waals surface area contributed by atoms with E-state index in [1.54, 1.807) is 27.7 Å². The summed E-state index contributed by atoms with van der Waals surface area (Å²) in [5.74, 6) is -0.803. The normalized spacial score (nSPS) is 15.6. The van der Waals surface area contributed by atoms with Crippen LogP contribution < -0.4 is 10.2 Å². The molecule has 1 aliphatic rings. The van der Waals surface area contributed by atoms with Crippen molar-refractivity contribution in [2.24, 2.45) is 0 Å². The first-order valence-corrected chi connectivity index (χ1v) is 10.7. The van der Waals surface area contributed by atoms with E-state index in [4.69, 9.17) is 4.74 Å². The predicted molar refractivity (Wildman–Crippen MR) is 119 cm³/mol. The number of imidazole rings is 1. The van der Waals surface area contributed by atoms with Crippen LogP contribution in [0.25, 0.3) is 11.0 Å². The molecule has 34 heavy (non-hydrogen) atoms. The molecular weight excluding hydrogens is 453 g/mol. The molecule has 180 valence electrons. The fourth-order valence-electron chi connectivity index (χ4n) is 3.91. The highest BCUT2D eigenvalue weighted by atomic mass is 19.4. The molecule has 3 aromatic rings. The van der Waals surface area contributed by atoms with Crippen LogP contribution >= 0.6 is 0 Å². The maximum atomic E-state index is 13.1. The highest BCUT2D eigenvalue weighted by Gasteiger charge is 2.31. The Hall–Kier alpha value is -3.44. The molecule has 1 fully saturated rings. The van der Waals surface area contributed by atoms with Gasteiger partial charge in [0.1, 0.15) is 6.61 Å². The third-order valence-electron chi connectivity index (χ3n) is 5.64. The smallest absolute Gasteiger partial charge is 0.396 e. The maximum absolute atomic E-state index is 13.1. The van der Waals surface area contributed by atoms with E-state index in [2.05, 4.69) is 10.3 Å². The van der Waals surface area contributed by atoms with E-state index in [-0.39, 0.29) is 36.7 Å². The van der Waals surface area contributed by atoms with Crippen molar-refractivity contribution in [1.29, 1.82) is 0 Å². The van der Waals surface area contributed by atoms with Gasteiger partial charge in [-0.25, -0.2) is 4.98 Å². The first kappa shape index (κ1) is 23.7. The van der Waals surface area contributed by atoms with Gasteiger partial charge in [-0.1, -0.05) is 6.07 Å². The molecule has 2 heterocycles. The number of hydrogen-bond acceptors (Lipinski definition) is 5. The molecule has 0 saturated carbocycles. The highest BCUT2D eigenvalue weighted by Crippen LogP contribution is 2.31. The quantitative estimate of drug-likeness (QED) is 0.567. The number of carbonyl (C=O) groups is 2. The lowest BCUT2D eigenvalue weighted by molar-refractivity contribution is -0.137. The molecule has 2 amide bonds. The van der Waals surface area contributed by atoms with Crippen molar-refractivity contribution in [1.82, 2.24) is 9.55 Å². The third-order valence-corrected chi connectivity index (χ3v) is 5.64. The molecule has 2 N–H and O–H groups in total. The molecule has 8 nitrogen and oxygen atoms in total. The van der Waals surface area contributed by atoms with Crippen LogP contribution in [0, 0.1) is 0 Å². The molecule has 11 heteroatoms. The lowest BCUT2D eigenvalue weighted by Crippen LogP contribution is -2.41. The molecule has 1 aliphatic heterocycles. The number of ether oxygens (including phenoxy) is 1. The van der Waals surface area contributed by atoms with Gasteiger partial charge in [-0.2, -0.15) is 13.2 Å². The van der Waals surface area contributed by atoms with Crippen LogP contribution in [0.1, 0.15) is 35.3 Å². The van der Waals surface area contributed by atoms with Crippen molar-refractivity contribution in [2.45, 2.75) is 25.6 Å². The summed E-state index contributed by atoms with van der Waals surface area (Å²) in [5.41, 5.74) is 0.659. The average molecular weight is 476 g/mol. The number of morpholine rings is 1. The second-order valence-corrected chi connectivity index (χ2v) is 7.97. The minimum absolute atomic E-state index is 0.0156. The van der Waals surface area contributed by atoms with Gasteiger partial charge in [0.2, 0.25) is 5.95 Å². The standard InChI is InChI=1S/C23H23F3N4O4/c1-14(7-9-31)30-19-6-5-17(29-8-10-34-13-20(29)32)12-18(19)27-22(30)28-21(33)15-3-2-4-16(11-15)23(24,25)26/h2-6,11-12,14,31H,7-10,13H2,1H3,(H,27,28,33). The van der Waals surface area contributed by atoms with Gasteiger partial charge in [0.25, 0.3) is 11.8 Å². The fraction of sp³-hybridized carbons (Fsp3) is 0.348. The minimum Gasteiger partial charge on any atom is -0.396 e. The van der Waals surface area contributed by atoms with E-state index < -0.39 is 17.6 Å². The third kappa shape index (κ3) is 4.75. The monoisotopic (exact) mass is 476 g/mol. The van der Waals surface area contributed by atoms with Crippen molar-refractivity contribution in [3.63, 3.8) is 0 Å². The fourth-order valence-corrected chi connectivity index (χ4v) is 3.91. The Balaban J connectivity index is 1.71. The van der Waals surface area contributed by atoms with Gasteiger partial charge in [-0.05, 0) is 49.7 Å². The van der Waals surface area contributed by atoms with Crippen LogP contribution in [0.4, 0.5) is 24.8 Å². The van der Waals surface area contributed by atoms with E-state index in [0.717, 1.165) is 12.1 Å². The van der Waals surface area contributed by atoms with Crippen molar-refractivity contribution in [3.05, 3.63) is 53.6 Å². The Bertz CT molecular complexity index is 1220. The number of alkyl halides is 3. The zero-order valence-electron chi connectivity index (χ0n) is 18.3. The zero-order chi connectivity index (χ0) is 24.5. The molecule has 0 spiro atoms. The number of amides is 2. The van der Waals surface area contributed by atoms with Crippen LogP contribution in [0.5, 0.6) is 0 Å². The van der Waals surface area contributed by atoms with E-state index >= 15 is 0 Å². The predicted octanol–water partition coefficient (Wildman–Crippen LogP) is 3.61. The summed E-state index contributed by atoms with van der Waals surface area (Å²) < 4.78 is 46.1. The van der Waals surface area contributed by atoms with E-state index in [1.165, 1.54) is 12.1 Å². The number of aliphatic hydroxyl groups excluding tert-OH is 1. The topological polar surface area (TPSA) is 96.7 Å². The number of carbonyl (C=O) groups excluding carboxylic acids is 2. The van der Waals surface area contributed by atoms with Crippen LogP contribution in [0.3, 0.4) is 0 Å². The molecular formula is C23H23F3N4O4. The number of nitrogens with zero attached hydrogens (tertiary/aromatic N) is 3. The number of aromatic nitrogens is 2. The first-order chi connectivity index (χ1) is 16.2. The summed E-state index contributed by atoms with van der Waals surface area (Å²) in [6.07, 6.45) is -4.21. The van der Waals surface area contributed by atoms with Gasteiger partial charge < -0.3 is 19.3 Å². The lowest BCUT2D eigenvalue weighted by Gasteiger charge is -2.26. The molecule has 1 unspecified atom stereocenters. The number of aliphatic hydroxyl groups is 1. The Kier molecular flexibility index (Phi) is 6.58. The molecule has 1 atom stereocenters. The number of hydrogen-bond donors (Lipinski definition) is 2. The Labute approximate surface area is 192 Å². The maximum Gasteiger partial charge on any atom is 0.416 e. The highest BCUT2D eigenvalue weighted by molar-refractivity contribution is 6.04. The van der Waals surface area contributed by atoms with Gasteiger partial charge in [-0.3, -0.25) is 14.9 Å². The minimum atomic E-state index is -4.58. The van der Waals surface area contributed by atoms with Gasteiger partial charge in [-0.15, -0.1) is 0 Å². The Morgan fingerprint density at radius 1 is 1.26 bits per heavy atom. The SMILES string of the molecule is CC(CCO)n1c(NC(=O)c2cccc(C(F)(F)F)c2)nc2cc(N3CCOCC3=O)ccc21. The van der Waals surface area contributed by atoms with Gasteiger partial charge >= 0.3 is 6.18 Å². The number of fused-ring (bicyclic) bond motifs is 1. The summed E-state index contributed by atoms with van der Waals surface area (Å²) >= 11 is 0. The van der Waals surface area contributed by atoms with E-state index in [1.807, 2.05) is 6.92 Å². The number of halogens is 3. The van der Waals surface area contributed by atoms with Crippen LogP contribution in [-0.4, -0.2) is 52.8 Å². The Morgan fingerprint density at radius 3 is 2.76 bits per heavy atom. The van der Waals surface area contributed by atoms with Crippen LogP contribution in [-0.2, 0) is 15.7 Å². The van der Waals surface area contributed by atoms with Crippen molar-refractivity contribution in [3.8, 4) is 0 Å². The summed E-state index contributed by atoms with van der Waals surface area (Å²) in [7, 11) is 0. The van der Waals surface area contributed by atoms with Crippen molar-refractivity contribution >= 4 is 34.5 Å². The molecule has 0 bridgehead atoms. The lowest BCUT2D eigenvalue weighted by atomic mass is 10.1. The summed E-state index contributed by atoms with van der Waals surface area (Å²) in [6, 6.07) is 9.08. The first-order valence-electron chi connectivity index (χ1n) is 10.7. The summed E-state index contributed by atoms with van der Waals surface area (Å²) in [5, 5.41) is 12.0. The second-order valence-electron chi connectivity index (χ2n) is 7.97. The molecule has 2 aromatic carbocycles. The molecule has 4 rings (SSSR count). The van der Waals surface area contributed by atoms with Gasteiger partial charge in [0, 0.05) is 30.4 Å². The number of benzene rings is 2. The molecule has 0 radical (unpaired) electrons. The van der Waals surface area contributed by atoms with Crippen LogP contribution in [0.2, 0.25) is 0 Å². The molecule has 0 aliphatic carbocycles. The van der Waals surface area contributed by atoms with Gasteiger partial charge in [0.15, 0.2) is 0 Å². The average Bonchev–Trinajstić information content (AvgIpc) is 3.16. The van der Waals surface area contributed by atoms with Gasteiger partial charge in [0.05, 0.1) is 23.2 Å². The van der Waals surface area contributed by atoms with Crippen molar-refractivity contribution in [2.75, 3.05) is 36.6 Å². The summed E-state index contributed by atoms with van der Waals surface area (Å²) in [4.78, 5) is 31.1.